The van der Waals surface area contributed by atoms with E-state index in [2.05, 4.69) is 9.84 Å². The Morgan fingerprint density at radius 2 is 1.96 bits per heavy atom. The highest BCUT2D eigenvalue weighted by Crippen LogP contribution is 2.37. The molecule has 0 spiro atoms. The molecule has 0 N–H and O–H groups in total. The summed E-state index contributed by atoms with van der Waals surface area (Å²) in [7, 11) is -3.33. The highest BCUT2D eigenvalue weighted by atomic mass is 32.2. The molecule has 1 aromatic rings. The number of rotatable bonds is 5. The number of hydrogen-bond donors (Lipinski definition) is 0. The van der Waals surface area contributed by atoms with Gasteiger partial charge in [0.2, 0.25) is 15.9 Å². The molecule has 1 fully saturated rings. The third-order valence-electron chi connectivity index (χ3n) is 3.43. The zero-order chi connectivity index (χ0) is 19.2. The van der Waals surface area contributed by atoms with E-state index in [0.29, 0.717) is 4.68 Å². The van der Waals surface area contributed by atoms with Crippen molar-refractivity contribution >= 4 is 10.0 Å². The summed E-state index contributed by atoms with van der Waals surface area (Å²) >= 11 is 0. The van der Waals surface area contributed by atoms with Crippen LogP contribution in [0.2, 0.25) is 0 Å². The van der Waals surface area contributed by atoms with E-state index in [1.54, 1.807) is 13.8 Å². The highest BCUT2D eigenvalue weighted by molar-refractivity contribution is 7.88. The predicted octanol–water partition coefficient (Wildman–Crippen LogP) is 1.94. The summed E-state index contributed by atoms with van der Waals surface area (Å²) in [6, 6.07) is 0. The fourth-order valence-electron chi connectivity index (χ4n) is 2.36. The van der Waals surface area contributed by atoms with Crippen LogP contribution in [0.25, 0.3) is 0 Å². The van der Waals surface area contributed by atoms with Crippen LogP contribution in [0.4, 0.5) is 22.0 Å². The molecule has 0 saturated carbocycles. The molecule has 0 atom stereocenters. The minimum absolute atomic E-state index is 0.0814. The molecular formula is C12H16F5N3O4S. The Labute approximate surface area is 140 Å². The monoisotopic (exact) mass is 393 g/mol. The maximum atomic E-state index is 13.1. The molecule has 0 amide bonds. The maximum absolute atomic E-state index is 13.1. The number of halogens is 5. The second kappa shape index (κ2) is 6.36. The Morgan fingerprint density at radius 1 is 1.36 bits per heavy atom. The lowest BCUT2D eigenvalue weighted by Crippen LogP contribution is -2.33. The zero-order valence-electron chi connectivity index (χ0n) is 13.5. The van der Waals surface area contributed by atoms with Crippen molar-refractivity contribution < 1.29 is 39.8 Å². The van der Waals surface area contributed by atoms with E-state index in [9.17, 15) is 30.4 Å². The first-order valence-electron chi connectivity index (χ1n) is 6.92. The van der Waals surface area contributed by atoms with Crippen molar-refractivity contribution in [1.29, 1.82) is 0 Å². The molecule has 13 heteroatoms. The summed E-state index contributed by atoms with van der Waals surface area (Å²) < 4.78 is 99.7. The van der Waals surface area contributed by atoms with Crippen LogP contribution in [-0.4, -0.2) is 48.0 Å². The molecule has 0 aromatic carbocycles. The molecular weight excluding hydrogens is 377 g/mol. The lowest BCUT2D eigenvalue weighted by Gasteiger charge is -2.17. The average molecular weight is 393 g/mol. The van der Waals surface area contributed by atoms with Crippen molar-refractivity contribution in [2.45, 2.75) is 38.0 Å². The molecule has 144 valence electrons. The molecule has 2 heterocycles. The summed E-state index contributed by atoms with van der Waals surface area (Å²) in [4.78, 5) is 0. The minimum Gasteiger partial charge on any atom is -0.417 e. The molecule has 0 unspecified atom stereocenters. The molecule has 2 rings (SSSR count). The van der Waals surface area contributed by atoms with Gasteiger partial charge in [-0.1, -0.05) is 0 Å². The fourth-order valence-corrected chi connectivity index (χ4v) is 3.89. The van der Waals surface area contributed by atoms with Gasteiger partial charge < -0.3 is 9.47 Å². The quantitative estimate of drug-likeness (QED) is 0.715. The summed E-state index contributed by atoms with van der Waals surface area (Å²) in [5.41, 5.74) is -3.37. The lowest BCUT2D eigenvalue weighted by molar-refractivity contribution is -0.142. The van der Waals surface area contributed by atoms with E-state index < -0.39 is 51.3 Å². The van der Waals surface area contributed by atoms with Crippen molar-refractivity contribution in [1.82, 2.24) is 14.1 Å². The normalized spacial score (nSPS) is 18.9. The average Bonchev–Trinajstić information content (AvgIpc) is 2.92. The topological polar surface area (TPSA) is 73.7 Å². The van der Waals surface area contributed by atoms with Crippen molar-refractivity contribution in [3.63, 3.8) is 0 Å². The summed E-state index contributed by atoms with van der Waals surface area (Å²) in [5.74, 6) is -2.15. The summed E-state index contributed by atoms with van der Waals surface area (Å²) in [5, 5.41) is 3.09. The van der Waals surface area contributed by atoms with Crippen LogP contribution in [-0.2, 0) is 33.7 Å². The van der Waals surface area contributed by atoms with E-state index in [4.69, 9.17) is 4.74 Å². The number of sulfonamides is 1. The zero-order valence-corrected chi connectivity index (χ0v) is 14.3. The molecule has 0 radical (unpaired) electrons. The standard InChI is InChI=1S/C12H16F5N3O4S/c1-11(2)5-20(6-23-11)25(21,22)4-7-8(12(15,16)17)18-19(3)9(7)24-10(13)14/h10H,4-6H2,1-3H3. The predicted molar refractivity (Wildman–Crippen MR) is 74.2 cm³/mol. The summed E-state index contributed by atoms with van der Waals surface area (Å²) in [6.07, 6.45) is -5.03. The smallest absolute Gasteiger partial charge is 0.417 e. The van der Waals surface area contributed by atoms with E-state index in [-0.39, 0.29) is 13.3 Å². The Bertz CT molecular complexity index is 745. The number of nitrogens with zero attached hydrogens (tertiary/aromatic N) is 3. The fraction of sp³-hybridized carbons (Fsp3) is 0.750. The van der Waals surface area contributed by atoms with Gasteiger partial charge in [-0.05, 0) is 13.8 Å². The van der Waals surface area contributed by atoms with Gasteiger partial charge in [0.15, 0.2) is 5.69 Å². The van der Waals surface area contributed by atoms with Gasteiger partial charge in [-0.3, -0.25) is 0 Å². The third-order valence-corrected chi connectivity index (χ3v) is 5.11. The number of aryl methyl sites for hydroxylation is 1. The van der Waals surface area contributed by atoms with Crippen molar-refractivity contribution in [2.75, 3.05) is 13.3 Å². The molecule has 1 aliphatic rings. The number of aromatic nitrogens is 2. The maximum Gasteiger partial charge on any atom is 0.435 e. The first kappa shape index (κ1) is 19.8. The number of alkyl halides is 5. The second-order valence-electron chi connectivity index (χ2n) is 6.03. The van der Waals surface area contributed by atoms with Crippen LogP contribution < -0.4 is 4.74 Å². The van der Waals surface area contributed by atoms with Gasteiger partial charge in [0.05, 0.1) is 16.9 Å². The van der Waals surface area contributed by atoms with Crippen LogP contribution in [0.5, 0.6) is 5.88 Å². The van der Waals surface area contributed by atoms with Crippen LogP contribution in [0, 0.1) is 0 Å². The Kier molecular flexibility index (Phi) is 5.05. The van der Waals surface area contributed by atoms with Crippen molar-refractivity contribution in [2.24, 2.45) is 7.05 Å². The molecule has 25 heavy (non-hydrogen) atoms. The van der Waals surface area contributed by atoms with Gasteiger partial charge in [-0.15, -0.1) is 0 Å². The van der Waals surface area contributed by atoms with Crippen LogP contribution in [0.1, 0.15) is 25.1 Å². The largest absolute Gasteiger partial charge is 0.435 e. The van der Waals surface area contributed by atoms with E-state index in [0.717, 1.165) is 11.4 Å². The van der Waals surface area contributed by atoms with Crippen LogP contribution in [0.15, 0.2) is 0 Å². The summed E-state index contributed by atoms with van der Waals surface area (Å²) in [6.45, 7) is -0.644. The van der Waals surface area contributed by atoms with Crippen LogP contribution >= 0.6 is 0 Å². The molecule has 1 aliphatic heterocycles. The minimum atomic E-state index is -5.03. The Balaban J connectivity index is 2.43. The highest BCUT2D eigenvalue weighted by Gasteiger charge is 2.43. The van der Waals surface area contributed by atoms with Crippen LogP contribution in [0.3, 0.4) is 0 Å². The van der Waals surface area contributed by atoms with E-state index >= 15 is 0 Å². The van der Waals surface area contributed by atoms with Gasteiger partial charge in [0, 0.05) is 13.6 Å². The van der Waals surface area contributed by atoms with Crippen molar-refractivity contribution in [3.05, 3.63) is 11.3 Å². The van der Waals surface area contributed by atoms with Gasteiger partial charge in [-0.25, -0.2) is 13.1 Å². The Hall–Kier alpha value is -1.47. The molecule has 1 aromatic heterocycles. The second-order valence-corrected chi connectivity index (χ2v) is 8.00. The molecule has 0 aliphatic carbocycles. The van der Waals surface area contributed by atoms with Crippen molar-refractivity contribution in [3.8, 4) is 5.88 Å². The first-order valence-corrected chi connectivity index (χ1v) is 8.53. The number of ether oxygens (including phenoxy) is 2. The molecule has 0 bridgehead atoms. The SMILES string of the molecule is Cn1nc(C(F)(F)F)c(CS(=O)(=O)N2COC(C)(C)C2)c1OC(F)F. The Morgan fingerprint density at radius 3 is 2.40 bits per heavy atom. The number of hydrogen-bond acceptors (Lipinski definition) is 5. The van der Waals surface area contributed by atoms with Gasteiger partial charge >= 0.3 is 12.8 Å². The van der Waals surface area contributed by atoms with Gasteiger partial charge in [0.1, 0.15) is 6.73 Å². The van der Waals surface area contributed by atoms with E-state index in [1.807, 2.05) is 0 Å². The third kappa shape index (κ3) is 4.39. The first-order chi connectivity index (χ1) is 11.2. The molecule has 1 saturated heterocycles. The lowest BCUT2D eigenvalue weighted by atomic mass is 10.1. The van der Waals surface area contributed by atoms with Gasteiger partial charge in [0.25, 0.3) is 0 Å². The van der Waals surface area contributed by atoms with Gasteiger partial charge in [-0.2, -0.15) is 31.4 Å². The molecule has 7 nitrogen and oxygen atoms in total. The van der Waals surface area contributed by atoms with E-state index in [1.165, 1.54) is 0 Å².